The average Bonchev–Trinajstić information content (AvgIpc) is 2.98. The molecule has 1 amide bonds. The molecule has 1 saturated heterocycles. The maximum atomic E-state index is 13.7. The van der Waals surface area contributed by atoms with E-state index in [0.717, 1.165) is 12.8 Å². The molecule has 0 bridgehead atoms. The Hall–Kier alpha value is -3.15. The molecule has 1 N–H and O–H groups in total. The van der Waals surface area contributed by atoms with Gasteiger partial charge in [0.05, 0.1) is 18.7 Å². The van der Waals surface area contributed by atoms with Gasteiger partial charge in [-0.3, -0.25) is 9.59 Å². The highest BCUT2D eigenvalue weighted by Gasteiger charge is 2.45. The topological polar surface area (TPSA) is 66.8 Å². The minimum Gasteiger partial charge on any atom is -0.507 e. The number of likely N-dealkylation sites (tertiary alicyclic amines) is 1. The van der Waals surface area contributed by atoms with Gasteiger partial charge in [-0.15, -0.1) is 0 Å². The molecule has 6 heteroatoms. The van der Waals surface area contributed by atoms with Crippen LogP contribution in [0.15, 0.2) is 48.0 Å². The van der Waals surface area contributed by atoms with Crippen LogP contribution in [0, 0.1) is 12.7 Å². The molecule has 0 spiro atoms. The number of aryl methyl sites for hydroxylation is 1. The zero-order valence-corrected chi connectivity index (χ0v) is 16.7. The Labute approximate surface area is 169 Å². The van der Waals surface area contributed by atoms with Crippen molar-refractivity contribution in [3.8, 4) is 5.75 Å². The third-order valence-electron chi connectivity index (χ3n) is 5.16. The molecule has 152 valence electrons. The van der Waals surface area contributed by atoms with E-state index in [4.69, 9.17) is 4.74 Å². The number of nitrogens with zero attached hydrogens (tertiary/aromatic N) is 1. The molecule has 1 heterocycles. The van der Waals surface area contributed by atoms with Crippen LogP contribution in [-0.4, -0.2) is 35.4 Å². The van der Waals surface area contributed by atoms with Crippen LogP contribution < -0.4 is 4.74 Å². The van der Waals surface area contributed by atoms with Crippen LogP contribution >= 0.6 is 0 Å². The van der Waals surface area contributed by atoms with E-state index in [-0.39, 0.29) is 11.3 Å². The zero-order valence-electron chi connectivity index (χ0n) is 16.7. The number of ether oxygens (including phenoxy) is 1. The van der Waals surface area contributed by atoms with Crippen LogP contribution in [0.2, 0.25) is 0 Å². The first-order valence-corrected chi connectivity index (χ1v) is 9.58. The molecule has 1 atom stereocenters. The maximum absolute atomic E-state index is 13.7. The summed E-state index contributed by atoms with van der Waals surface area (Å²) in [6, 6.07) is 10.4. The van der Waals surface area contributed by atoms with E-state index < -0.39 is 23.5 Å². The summed E-state index contributed by atoms with van der Waals surface area (Å²) in [6.07, 6.45) is 1.59. The van der Waals surface area contributed by atoms with Gasteiger partial charge in [0.1, 0.15) is 17.3 Å². The van der Waals surface area contributed by atoms with Crippen LogP contribution in [0.1, 0.15) is 42.5 Å². The minimum atomic E-state index is -0.735. The molecule has 3 rings (SSSR count). The number of rotatable bonds is 6. The number of ketones is 1. The SMILES string of the molecule is CCCCN1C(=O)C(=O)/C(=C(\O)c2ccc(F)c(C)c2)C1c1ccc(OC)cc1. The zero-order chi connectivity index (χ0) is 21.1. The number of carbonyl (C=O) groups excluding carboxylic acids is 2. The van der Waals surface area contributed by atoms with Crippen molar-refractivity contribution in [2.24, 2.45) is 0 Å². The van der Waals surface area contributed by atoms with Gasteiger partial charge in [0.2, 0.25) is 0 Å². The number of amides is 1. The van der Waals surface area contributed by atoms with Gasteiger partial charge >= 0.3 is 0 Å². The summed E-state index contributed by atoms with van der Waals surface area (Å²) in [6.45, 7) is 3.98. The molecule has 1 fully saturated rings. The molecule has 0 aliphatic carbocycles. The second-order valence-corrected chi connectivity index (χ2v) is 7.08. The number of halogens is 1. The summed E-state index contributed by atoms with van der Waals surface area (Å²) in [5, 5.41) is 10.9. The number of aliphatic hydroxyl groups excluding tert-OH is 1. The number of hydrogen-bond acceptors (Lipinski definition) is 4. The lowest BCUT2D eigenvalue weighted by atomic mass is 9.94. The van der Waals surface area contributed by atoms with Crippen LogP contribution in [0.4, 0.5) is 4.39 Å². The number of hydrogen-bond donors (Lipinski definition) is 1. The summed E-state index contributed by atoms with van der Waals surface area (Å²) in [5.41, 5.74) is 1.36. The number of Topliss-reactive ketones (excluding diaryl/α,β-unsaturated/α-hetero) is 1. The Balaban J connectivity index is 2.15. The van der Waals surface area contributed by atoms with Gasteiger partial charge in [0, 0.05) is 12.1 Å². The highest BCUT2D eigenvalue weighted by molar-refractivity contribution is 6.46. The van der Waals surface area contributed by atoms with E-state index >= 15 is 0 Å². The summed E-state index contributed by atoms with van der Waals surface area (Å²) < 4.78 is 18.8. The van der Waals surface area contributed by atoms with Gasteiger partial charge in [-0.05, 0) is 54.8 Å². The van der Waals surface area contributed by atoms with E-state index in [9.17, 15) is 19.1 Å². The molecule has 29 heavy (non-hydrogen) atoms. The Morgan fingerprint density at radius 1 is 1.17 bits per heavy atom. The Morgan fingerprint density at radius 3 is 2.45 bits per heavy atom. The number of methoxy groups -OCH3 is 1. The summed E-state index contributed by atoms with van der Waals surface area (Å²) >= 11 is 0. The molecule has 2 aromatic rings. The molecule has 5 nitrogen and oxygen atoms in total. The lowest BCUT2D eigenvalue weighted by Gasteiger charge is -2.25. The first-order valence-electron chi connectivity index (χ1n) is 9.58. The molecule has 1 aliphatic rings. The monoisotopic (exact) mass is 397 g/mol. The van der Waals surface area contributed by atoms with Gasteiger partial charge in [-0.25, -0.2) is 4.39 Å². The van der Waals surface area contributed by atoms with Crippen molar-refractivity contribution >= 4 is 17.4 Å². The van der Waals surface area contributed by atoms with Crippen LogP contribution in [0.5, 0.6) is 5.75 Å². The summed E-state index contributed by atoms with van der Waals surface area (Å²) in [7, 11) is 1.55. The molecule has 0 aromatic heterocycles. The van der Waals surface area contributed by atoms with E-state index in [1.54, 1.807) is 38.3 Å². The normalized spacial score (nSPS) is 18.3. The predicted octanol–water partition coefficient (Wildman–Crippen LogP) is 4.36. The van der Waals surface area contributed by atoms with Crippen molar-refractivity contribution in [3.63, 3.8) is 0 Å². The average molecular weight is 397 g/mol. The van der Waals surface area contributed by atoms with Crippen LogP contribution in [-0.2, 0) is 9.59 Å². The number of aliphatic hydroxyl groups is 1. The fourth-order valence-electron chi connectivity index (χ4n) is 3.52. The molecule has 0 radical (unpaired) electrons. The fourth-order valence-corrected chi connectivity index (χ4v) is 3.52. The van der Waals surface area contributed by atoms with Gasteiger partial charge in [0.15, 0.2) is 0 Å². The van der Waals surface area contributed by atoms with Crippen molar-refractivity contribution in [1.29, 1.82) is 0 Å². The summed E-state index contributed by atoms with van der Waals surface area (Å²) in [4.78, 5) is 27.1. The van der Waals surface area contributed by atoms with E-state index in [1.807, 2.05) is 6.92 Å². The van der Waals surface area contributed by atoms with E-state index in [1.165, 1.54) is 23.1 Å². The lowest BCUT2D eigenvalue weighted by molar-refractivity contribution is -0.139. The molecule has 1 unspecified atom stereocenters. The number of carbonyl (C=O) groups is 2. The van der Waals surface area contributed by atoms with E-state index in [0.29, 0.717) is 29.0 Å². The smallest absolute Gasteiger partial charge is 0.295 e. The molecule has 1 aliphatic heterocycles. The van der Waals surface area contributed by atoms with Crippen molar-refractivity contribution in [1.82, 2.24) is 4.90 Å². The number of unbranched alkanes of at least 4 members (excludes halogenated alkanes) is 1. The highest BCUT2D eigenvalue weighted by atomic mass is 19.1. The fraction of sp³-hybridized carbons (Fsp3) is 0.304. The molecular formula is C23H24FNO4. The number of benzene rings is 2. The maximum Gasteiger partial charge on any atom is 0.295 e. The largest absolute Gasteiger partial charge is 0.507 e. The van der Waals surface area contributed by atoms with E-state index in [2.05, 4.69) is 0 Å². The standard InChI is InChI=1S/C23H24FNO4/c1-4-5-12-25-20(15-6-9-17(29-3)10-7-15)19(22(27)23(25)28)21(26)16-8-11-18(24)14(2)13-16/h6-11,13,20,26H,4-5,12H2,1-3H3/b21-19-. The Bertz CT molecular complexity index is 965. The third-order valence-corrected chi connectivity index (χ3v) is 5.16. The lowest BCUT2D eigenvalue weighted by Crippen LogP contribution is -2.30. The quantitative estimate of drug-likeness (QED) is 0.447. The predicted molar refractivity (Wildman–Crippen MR) is 108 cm³/mol. The Kier molecular flexibility index (Phi) is 6.01. The van der Waals surface area contributed by atoms with Crippen LogP contribution in [0.3, 0.4) is 0 Å². The van der Waals surface area contributed by atoms with Crippen molar-refractivity contribution in [2.75, 3.05) is 13.7 Å². The van der Waals surface area contributed by atoms with Crippen molar-refractivity contribution in [2.45, 2.75) is 32.7 Å². The van der Waals surface area contributed by atoms with Gasteiger partial charge < -0.3 is 14.7 Å². The molecular weight excluding hydrogens is 373 g/mol. The second kappa shape index (κ2) is 8.47. The third kappa shape index (κ3) is 3.88. The van der Waals surface area contributed by atoms with Crippen LogP contribution in [0.25, 0.3) is 5.76 Å². The highest BCUT2D eigenvalue weighted by Crippen LogP contribution is 2.40. The first kappa shape index (κ1) is 20.6. The molecule has 2 aromatic carbocycles. The van der Waals surface area contributed by atoms with Gasteiger partial charge in [-0.1, -0.05) is 25.5 Å². The van der Waals surface area contributed by atoms with Crippen molar-refractivity contribution in [3.05, 3.63) is 70.5 Å². The molecule has 0 saturated carbocycles. The van der Waals surface area contributed by atoms with Crippen molar-refractivity contribution < 1.29 is 23.8 Å². The first-order chi connectivity index (χ1) is 13.9. The Morgan fingerprint density at radius 2 is 1.86 bits per heavy atom. The summed E-state index contributed by atoms with van der Waals surface area (Å²) in [5.74, 6) is -1.43. The van der Waals surface area contributed by atoms with Gasteiger partial charge in [-0.2, -0.15) is 0 Å². The second-order valence-electron chi connectivity index (χ2n) is 7.08. The van der Waals surface area contributed by atoms with Gasteiger partial charge in [0.25, 0.3) is 11.7 Å². The minimum absolute atomic E-state index is 0.0160.